The van der Waals surface area contributed by atoms with E-state index in [4.69, 9.17) is 16.1 Å². The highest BCUT2D eigenvalue weighted by molar-refractivity contribution is 6.33. The molecule has 0 fully saturated rings. The van der Waals surface area contributed by atoms with E-state index in [1.807, 2.05) is 24.3 Å². The van der Waals surface area contributed by atoms with Crippen LogP contribution in [0.2, 0.25) is 5.02 Å². The maximum atomic E-state index is 6.14. The molecule has 2 aromatic rings. The first-order valence-corrected chi connectivity index (χ1v) is 7.33. The lowest BCUT2D eigenvalue weighted by atomic mass is 10.0. The Kier molecular flexibility index (Phi) is 5.15. The van der Waals surface area contributed by atoms with Crippen LogP contribution in [0.4, 0.5) is 0 Å². The van der Waals surface area contributed by atoms with Gasteiger partial charge in [0.15, 0.2) is 0 Å². The molecule has 20 heavy (non-hydrogen) atoms. The molecule has 4 nitrogen and oxygen atoms in total. The summed E-state index contributed by atoms with van der Waals surface area (Å²) in [5, 5.41) is 8.10. The molecule has 5 heteroatoms. The van der Waals surface area contributed by atoms with Gasteiger partial charge in [0.05, 0.1) is 10.9 Å². The molecule has 0 bridgehead atoms. The molecular weight excluding hydrogens is 274 g/mol. The monoisotopic (exact) mass is 293 g/mol. The van der Waals surface area contributed by atoms with Crippen molar-refractivity contribution >= 4 is 11.6 Å². The second-order valence-corrected chi connectivity index (χ2v) is 5.37. The summed E-state index contributed by atoms with van der Waals surface area (Å²) < 4.78 is 5.38. The minimum Gasteiger partial charge on any atom is -0.339 e. The normalized spacial score (nSPS) is 14.2. The van der Waals surface area contributed by atoms with Gasteiger partial charge in [-0.1, -0.05) is 42.7 Å². The molecule has 0 radical (unpaired) electrons. The zero-order valence-corrected chi connectivity index (χ0v) is 12.8. The van der Waals surface area contributed by atoms with E-state index in [2.05, 4.69) is 36.2 Å². The predicted octanol–water partition coefficient (Wildman–Crippen LogP) is 3.88. The van der Waals surface area contributed by atoms with E-state index in [0.29, 0.717) is 16.7 Å². The van der Waals surface area contributed by atoms with Gasteiger partial charge in [0.2, 0.25) is 11.7 Å². The van der Waals surface area contributed by atoms with Gasteiger partial charge in [0.1, 0.15) is 0 Å². The predicted molar refractivity (Wildman–Crippen MR) is 80.9 cm³/mol. The second-order valence-electron chi connectivity index (χ2n) is 4.97. The molecule has 0 aliphatic rings. The first-order chi connectivity index (χ1) is 9.63. The molecule has 1 N–H and O–H groups in total. The van der Waals surface area contributed by atoms with Crippen molar-refractivity contribution in [2.45, 2.75) is 39.2 Å². The van der Waals surface area contributed by atoms with Crippen LogP contribution >= 0.6 is 11.6 Å². The quantitative estimate of drug-likeness (QED) is 0.878. The molecule has 0 saturated carbocycles. The minimum absolute atomic E-state index is 0.158. The average Bonchev–Trinajstić information content (AvgIpc) is 2.94. The number of nitrogens with zero attached hydrogens (tertiary/aromatic N) is 2. The Hall–Kier alpha value is -1.39. The fourth-order valence-corrected chi connectivity index (χ4v) is 2.16. The third kappa shape index (κ3) is 3.38. The smallest absolute Gasteiger partial charge is 0.231 e. The molecule has 0 aliphatic heterocycles. The zero-order chi connectivity index (χ0) is 14.5. The van der Waals surface area contributed by atoms with Crippen LogP contribution in [0, 0.1) is 0 Å². The van der Waals surface area contributed by atoms with Crippen LogP contribution in [-0.4, -0.2) is 22.7 Å². The lowest BCUT2D eigenvalue weighted by molar-refractivity contribution is 0.331. The summed E-state index contributed by atoms with van der Waals surface area (Å²) in [5.74, 6) is 1.33. The van der Waals surface area contributed by atoms with Gasteiger partial charge in [-0.25, -0.2) is 0 Å². The van der Waals surface area contributed by atoms with E-state index in [1.54, 1.807) is 0 Å². The summed E-state index contributed by atoms with van der Waals surface area (Å²) in [6.07, 6.45) is 1.10. The molecule has 1 aromatic heterocycles. The maximum Gasteiger partial charge on any atom is 0.231 e. The van der Waals surface area contributed by atoms with Gasteiger partial charge in [-0.2, -0.15) is 4.98 Å². The average molecular weight is 294 g/mol. The SMILES string of the molecule is CCCNC(C)C(C)c1nc(-c2ccccc2Cl)no1. The third-order valence-corrected chi connectivity index (χ3v) is 3.74. The fourth-order valence-electron chi connectivity index (χ4n) is 1.93. The van der Waals surface area contributed by atoms with Gasteiger partial charge in [-0.05, 0) is 32.0 Å². The van der Waals surface area contributed by atoms with Crippen molar-refractivity contribution in [3.8, 4) is 11.4 Å². The number of halogens is 1. The molecule has 0 amide bonds. The molecule has 1 heterocycles. The van der Waals surface area contributed by atoms with E-state index < -0.39 is 0 Å². The van der Waals surface area contributed by atoms with Gasteiger partial charge in [0, 0.05) is 11.6 Å². The molecule has 0 aliphatic carbocycles. The molecule has 2 unspecified atom stereocenters. The summed E-state index contributed by atoms with van der Waals surface area (Å²) in [6.45, 7) is 7.33. The third-order valence-electron chi connectivity index (χ3n) is 3.41. The van der Waals surface area contributed by atoms with E-state index in [0.717, 1.165) is 18.5 Å². The van der Waals surface area contributed by atoms with Crippen LogP contribution in [0.5, 0.6) is 0 Å². The molecule has 2 rings (SSSR count). The summed E-state index contributed by atoms with van der Waals surface area (Å²) >= 11 is 6.14. The number of hydrogen-bond acceptors (Lipinski definition) is 4. The van der Waals surface area contributed by atoms with Gasteiger partial charge < -0.3 is 9.84 Å². The van der Waals surface area contributed by atoms with Crippen molar-refractivity contribution in [1.82, 2.24) is 15.5 Å². The maximum absolute atomic E-state index is 6.14. The largest absolute Gasteiger partial charge is 0.339 e. The van der Waals surface area contributed by atoms with Crippen LogP contribution in [0.3, 0.4) is 0 Å². The van der Waals surface area contributed by atoms with Crippen molar-refractivity contribution in [2.75, 3.05) is 6.54 Å². The topological polar surface area (TPSA) is 51.0 Å². The van der Waals surface area contributed by atoms with E-state index in [9.17, 15) is 0 Å². The van der Waals surface area contributed by atoms with E-state index in [-0.39, 0.29) is 12.0 Å². The van der Waals surface area contributed by atoms with E-state index >= 15 is 0 Å². The summed E-state index contributed by atoms with van der Waals surface area (Å²) in [7, 11) is 0. The number of nitrogens with one attached hydrogen (secondary N) is 1. The summed E-state index contributed by atoms with van der Waals surface area (Å²) in [4.78, 5) is 4.47. The van der Waals surface area contributed by atoms with Crippen LogP contribution < -0.4 is 5.32 Å². The fraction of sp³-hybridized carbons (Fsp3) is 0.467. The Morgan fingerprint density at radius 1 is 1.30 bits per heavy atom. The molecule has 0 spiro atoms. The highest BCUT2D eigenvalue weighted by Gasteiger charge is 2.21. The van der Waals surface area contributed by atoms with Crippen LogP contribution in [-0.2, 0) is 0 Å². The highest BCUT2D eigenvalue weighted by atomic mass is 35.5. The van der Waals surface area contributed by atoms with Crippen molar-refractivity contribution in [2.24, 2.45) is 0 Å². The lowest BCUT2D eigenvalue weighted by Crippen LogP contribution is -2.31. The summed E-state index contributed by atoms with van der Waals surface area (Å²) in [5.41, 5.74) is 0.797. The summed E-state index contributed by atoms with van der Waals surface area (Å²) in [6, 6.07) is 7.79. The van der Waals surface area contributed by atoms with Gasteiger partial charge in [-0.15, -0.1) is 0 Å². The Bertz CT molecular complexity index is 556. The van der Waals surface area contributed by atoms with Crippen molar-refractivity contribution in [3.63, 3.8) is 0 Å². The Morgan fingerprint density at radius 2 is 2.05 bits per heavy atom. The van der Waals surface area contributed by atoms with Gasteiger partial charge in [0.25, 0.3) is 0 Å². The van der Waals surface area contributed by atoms with Crippen molar-refractivity contribution in [1.29, 1.82) is 0 Å². The number of benzene rings is 1. The Balaban J connectivity index is 2.15. The number of hydrogen-bond donors (Lipinski definition) is 1. The lowest BCUT2D eigenvalue weighted by Gasteiger charge is -2.17. The van der Waals surface area contributed by atoms with Crippen molar-refractivity contribution in [3.05, 3.63) is 35.2 Å². The van der Waals surface area contributed by atoms with Crippen LogP contribution in [0.1, 0.15) is 39.0 Å². The van der Waals surface area contributed by atoms with Crippen LogP contribution in [0.15, 0.2) is 28.8 Å². The van der Waals surface area contributed by atoms with Gasteiger partial charge in [-0.3, -0.25) is 0 Å². The minimum atomic E-state index is 0.158. The molecule has 2 atom stereocenters. The van der Waals surface area contributed by atoms with Crippen molar-refractivity contribution < 1.29 is 4.52 Å². The number of rotatable bonds is 6. The Morgan fingerprint density at radius 3 is 2.75 bits per heavy atom. The number of aromatic nitrogens is 2. The first kappa shape index (κ1) is 15.0. The zero-order valence-electron chi connectivity index (χ0n) is 12.1. The molecule has 1 aromatic carbocycles. The van der Waals surface area contributed by atoms with E-state index in [1.165, 1.54) is 0 Å². The molecular formula is C15H20ClN3O. The highest BCUT2D eigenvalue weighted by Crippen LogP contribution is 2.27. The molecule has 108 valence electrons. The molecule has 0 saturated heterocycles. The first-order valence-electron chi connectivity index (χ1n) is 6.95. The Labute approximate surface area is 124 Å². The second kappa shape index (κ2) is 6.86. The standard InChI is InChI=1S/C15H20ClN3O/c1-4-9-17-11(3)10(2)15-18-14(19-20-15)12-7-5-6-8-13(12)16/h5-8,10-11,17H,4,9H2,1-3H3. The van der Waals surface area contributed by atoms with Crippen LogP contribution in [0.25, 0.3) is 11.4 Å². The van der Waals surface area contributed by atoms with Gasteiger partial charge >= 0.3 is 0 Å².